The van der Waals surface area contributed by atoms with Crippen molar-refractivity contribution >= 4 is 0 Å². The Morgan fingerprint density at radius 3 is 2.22 bits per heavy atom. The molecule has 0 aromatic rings. The molecular weight excluding hydrogens is 629 g/mol. The molecule has 0 heterocycles. The van der Waals surface area contributed by atoms with Gasteiger partial charge in [-0.25, -0.2) is 0 Å². The molecule has 0 bridgehead atoms. The lowest BCUT2D eigenvalue weighted by atomic mass is 9.47. The minimum atomic E-state index is -0.522. The van der Waals surface area contributed by atoms with E-state index < -0.39 is 6.10 Å². The molecule has 51 heavy (non-hydrogen) atoms. The summed E-state index contributed by atoms with van der Waals surface area (Å²) in [6.45, 7) is 18.1. The zero-order valence-electron chi connectivity index (χ0n) is 34.6. The van der Waals surface area contributed by atoms with Crippen LogP contribution >= 0.6 is 0 Å². The summed E-state index contributed by atoms with van der Waals surface area (Å²) in [5.41, 5.74) is 2.76. The predicted octanol–water partition coefficient (Wildman–Crippen LogP) is 12.7. The van der Waals surface area contributed by atoms with E-state index in [-0.39, 0.29) is 0 Å². The minimum absolute atomic E-state index is 0.372. The maximum atomic E-state index is 10.1. The van der Waals surface area contributed by atoms with Gasteiger partial charge in [-0.2, -0.15) is 0 Å². The van der Waals surface area contributed by atoms with E-state index in [1.165, 1.54) is 122 Å². The fraction of sp³-hybridized carbons (Fsp3) is 0.915. The summed E-state index contributed by atoms with van der Waals surface area (Å²) in [5, 5.41) is 10.1. The van der Waals surface area contributed by atoms with Crippen molar-refractivity contribution in [2.75, 3.05) is 33.0 Å². The van der Waals surface area contributed by atoms with Crippen LogP contribution in [0.4, 0.5) is 0 Å². The van der Waals surface area contributed by atoms with Gasteiger partial charge in [0.05, 0.1) is 19.3 Å². The Morgan fingerprint density at radius 1 is 0.765 bits per heavy atom. The molecule has 4 aliphatic rings. The number of aliphatic hydroxyl groups is 1. The van der Waals surface area contributed by atoms with E-state index >= 15 is 0 Å². The summed E-state index contributed by atoms with van der Waals surface area (Å²) in [6, 6.07) is 0. The van der Waals surface area contributed by atoms with Crippen LogP contribution < -0.4 is 0 Å². The van der Waals surface area contributed by atoms with Gasteiger partial charge in [-0.15, -0.1) is 0 Å². The number of aliphatic hydroxyl groups excluding tert-OH is 1. The van der Waals surface area contributed by atoms with E-state index in [2.05, 4.69) is 59.8 Å². The van der Waals surface area contributed by atoms with Crippen LogP contribution in [0.3, 0.4) is 0 Å². The molecular formula is C47H84O4. The van der Waals surface area contributed by atoms with Crippen LogP contribution in [-0.2, 0) is 14.2 Å². The summed E-state index contributed by atoms with van der Waals surface area (Å²) >= 11 is 0. The Balaban J connectivity index is 1.02. The second kappa shape index (κ2) is 22.6. The Hall–Kier alpha value is -0.680. The van der Waals surface area contributed by atoms with Gasteiger partial charge in [0.1, 0.15) is 6.10 Å². The molecule has 0 aromatic carbocycles. The molecule has 4 nitrogen and oxygen atoms in total. The van der Waals surface area contributed by atoms with Gasteiger partial charge in [0.2, 0.25) is 0 Å². The normalized spacial score (nSPS) is 31.8. The predicted molar refractivity (Wildman–Crippen MR) is 216 cm³/mol. The molecule has 4 heteroatoms. The van der Waals surface area contributed by atoms with Crippen LogP contribution in [0.5, 0.6) is 0 Å². The molecule has 0 spiro atoms. The average Bonchev–Trinajstić information content (AvgIpc) is 3.47. The second-order valence-corrected chi connectivity index (χ2v) is 18.7. The largest absolute Gasteiger partial charge is 0.388 e. The average molecular weight is 713 g/mol. The number of hydrogen-bond donors (Lipinski definition) is 1. The number of unbranched alkanes of at least 4 members (excludes halogenated alkanes) is 8. The van der Waals surface area contributed by atoms with E-state index in [4.69, 9.17) is 14.2 Å². The maximum absolute atomic E-state index is 10.1. The molecule has 0 unspecified atom stereocenters. The Morgan fingerprint density at radius 2 is 1.47 bits per heavy atom. The zero-order chi connectivity index (χ0) is 36.5. The fourth-order valence-corrected chi connectivity index (χ4v) is 11.4. The first-order chi connectivity index (χ1) is 24.7. The molecule has 4 rings (SSSR count). The van der Waals surface area contributed by atoms with Gasteiger partial charge < -0.3 is 19.3 Å². The number of ether oxygens (including phenoxy) is 3. The van der Waals surface area contributed by atoms with Crippen molar-refractivity contribution in [1.29, 1.82) is 0 Å². The summed E-state index contributed by atoms with van der Waals surface area (Å²) in [4.78, 5) is 0. The van der Waals surface area contributed by atoms with Crippen LogP contribution in [0.25, 0.3) is 0 Å². The van der Waals surface area contributed by atoms with Crippen LogP contribution in [0, 0.1) is 46.3 Å². The van der Waals surface area contributed by atoms with E-state index in [1.807, 2.05) is 0 Å². The lowest BCUT2D eigenvalue weighted by molar-refractivity contribution is -0.0641. The van der Waals surface area contributed by atoms with Crippen molar-refractivity contribution in [3.05, 3.63) is 23.8 Å². The van der Waals surface area contributed by atoms with E-state index in [1.54, 1.807) is 5.57 Å². The highest BCUT2D eigenvalue weighted by Gasteiger charge is 2.59. The third-order valence-corrected chi connectivity index (χ3v) is 14.5. The molecule has 0 amide bonds. The lowest BCUT2D eigenvalue weighted by Crippen LogP contribution is -2.51. The Bertz CT molecular complexity index is 1000. The van der Waals surface area contributed by atoms with Crippen LogP contribution in [-0.4, -0.2) is 50.3 Å². The van der Waals surface area contributed by atoms with Gasteiger partial charge in [-0.1, -0.05) is 117 Å². The topological polar surface area (TPSA) is 47.9 Å². The standard InChI is InChI=1S/C47H84O4/c1-7-8-9-10-11-12-14-17-31-49-35-40(48)36-50-32-18-15-13-16-19-33-51-41-27-29-46(5)39(34-41)23-24-42-44-26-25-43(38(4)22-20-21-37(2)3)47(44,6)30-28-45(42)46/h11-12,23,37-38,40-45,48H,7-10,13-22,24-36H2,1-6H3/b12-11-/t38-,40+,41+,42+,43-,44+,45+,46+,47-/m1/s1. The van der Waals surface area contributed by atoms with Crippen LogP contribution in [0.1, 0.15) is 183 Å². The maximum Gasteiger partial charge on any atom is 0.101 e. The van der Waals surface area contributed by atoms with Crippen molar-refractivity contribution in [2.24, 2.45) is 46.3 Å². The molecule has 3 fully saturated rings. The third-order valence-electron chi connectivity index (χ3n) is 14.5. The summed E-state index contributed by atoms with van der Waals surface area (Å²) in [5.74, 6) is 5.45. The van der Waals surface area contributed by atoms with Crippen molar-refractivity contribution in [3.63, 3.8) is 0 Å². The molecule has 9 atom stereocenters. The van der Waals surface area contributed by atoms with E-state index in [0.29, 0.717) is 36.8 Å². The number of rotatable bonds is 26. The number of hydrogen-bond acceptors (Lipinski definition) is 4. The first-order valence-corrected chi connectivity index (χ1v) is 22.5. The Kier molecular flexibility index (Phi) is 19.1. The van der Waals surface area contributed by atoms with Gasteiger partial charge in [-0.3, -0.25) is 0 Å². The monoisotopic (exact) mass is 713 g/mol. The highest BCUT2D eigenvalue weighted by atomic mass is 16.5. The van der Waals surface area contributed by atoms with Gasteiger partial charge in [0, 0.05) is 19.8 Å². The van der Waals surface area contributed by atoms with Crippen molar-refractivity contribution < 1.29 is 19.3 Å². The highest BCUT2D eigenvalue weighted by molar-refractivity contribution is 5.25. The molecule has 4 aliphatic carbocycles. The van der Waals surface area contributed by atoms with Gasteiger partial charge >= 0.3 is 0 Å². The molecule has 3 saturated carbocycles. The van der Waals surface area contributed by atoms with E-state index in [0.717, 1.165) is 68.0 Å². The molecule has 296 valence electrons. The van der Waals surface area contributed by atoms with Gasteiger partial charge in [-0.05, 0) is 136 Å². The SMILES string of the molecule is CCCCC/C=C\CCCOC[C@H](O)COCCCCCCCO[C@H]1CC[C@@]2(C)C(=CC[C@H]3[C@@H]4CC[C@H]([C@H](C)CCCC(C)C)[C@@]4(C)CC[C@@H]32)C1. The number of allylic oxidation sites excluding steroid dienone is 3. The summed E-state index contributed by atoms with van der Waals surface area (Å²) in [6.07, 6.45) is 35.5. The number of fused-ring (bicyclic) bond motifs is 5. The minimum Gasteiger partial charge on any atom is -0.388 e. The first-order valence-electron chi connectivity index (χ1n) is 22.5. The fourth-order valence-electron chi connectivity index (χ4n) is 11.4. The van der Waals surface area contributed by atoms with Crippen molar-refractivity contribution in [3.8, 4) is 0 Å². The smallest absolute Gasteiger partial charge is 0.101 e. The lowest BCUT2D eigenvalue weighted by Gasteiger charge is -2.58. The molecule has 1 N–H and O–H groups in total. The Labute approximate surface area is 316 Å². The second-order valence-electron chi connectivity index (χ2n) is 18.7. The first kappa shape index (κ1) is 43.1. The van der Waals surface area contributed by atoms with Gasteiger partial charge in [0.25, 0.3) is 0 Å². The van der Waals surface area contributed by atoms with Crippen LogP contribution in [0.2, 0.25) is 0 Å². The van der Waals surface area contributed by atoms with Crippen molar-refractivity contribution in [1.82, 2.24) is 0 Å². The van der Waals surface area contributed by atoms with Gasteiger partial charge in [0.15, 0.2) is 0 Å². The molecule has 0 aromatic heterocycles. The molecule has 0 radical (unpaired) electrons. The quantitative estimate of drug-likeness (QED) is 0.0716. The third kappa shape index (κ3) is 13.0. The highest BCUT2D eigenvalue weighted by Crippen LogP contribution is 2.67. The van der Waals surface area contributed by atoms with E-state index in [9.17, 15) is 5.11 Å². The van der Waals surface area contributed by atoms with Crippen molar-refractivity contribution in [2.45, 2.75) is 195 Å². The summed E-state index contributed by atoms with van der Waals surface area (Å²) < 4.78 is 17.9. The van der Waals surface area contributed by atoms with Crippen LogP contribution in [0.15, 0.2) is 23.8 Å². The molecule has 0 aliphatic heterocycles. The molecule has 0 saturated heterocycles. The zero-order valence-corrected chi connectivity index (χ0v) is 34.6. The summed E-state index contributed by atoms with van der Waals surface area (Å²) in [7, 11) is 0.